The summed E-state index contributed by atoms with van der Waals surface area (Å²) in [5.41, 5.74) is 15.9. The molecule has 1 fully saturated rings. The summed E-state index contributed by atoms with van der Waals surface area (Å²) in [5, 5.41) is 58.8. The van der Waals surface area contributed by atoms with Crippen LogP contribution in [0.5, 0.6) is 0 Å². The average molecular weight is 888 g/mol. The topological polar surface area (TPSA) is 467 Å². The number of rotatable bonds is 27. The number of nitrogens with two attached hydrogens (primary N) is 3. The quantitative estimate of drug-likeness (QED) is 0.0207. The SMILES string of the molecule is C[C@H](NC(=O)[C@@H](NC(=O)[C@H](CC(=O)O)NC(=O)[C@H](CO)NC(=O)[C@H](C)NC(=O)[C@H](CCCN=C(N)N)NC(=O)CNC(=O)[C@H](CC(N)=O)NC(=O)[C@@H]1CCCN1)[C@@H](C)O)C(=O)O. The fourth-order valence-electron chi connectivity index (χ4n) is 5.45. The smallest absolute Gasteiger partial charge is 0.325 e. The summed E-state index contributed by atoms with van der Waals surface area (Å²) in [6.45, 7) is 2.02. The zero-order chi connectivity index (χ0) is 47.3. The number of primary amides is 1. The molecule has 0 radical (unpaired) electrons. The Bertz CT molecular complexity index is 1690. The molecule has 19 N–H and O–H groups in total. The van der Waals surface area contributed by atoms with Crippen LogP contribution in [0.25, 0.3) is 0 Å². The lowest BCUT2D eigenvalue weighted by Gasteiger charge is -2.26. The maximum absolute atomic E-state index is 13.3. The standard InChI is InChI=1S/C34H57N13O15/c1-14(26(54)46-21(13-48)31(59)45-20(11-24(52)53)30(58)47-25(16(3)49)32(60)42-15(2)33(61)62)41-29(57)18(7-5-9-39-34(36)37)43-23(51)12-40-27(55)19(10-22(35)50)44-28(56)17-6-4-8-38-17/h14-21,25,38,48-49H,4-13H2,1-3H3,(H2,35,50)(H,40,55)(H,41,57)(H,42,60)(H,43,51)(H,44,56)(H,45,59)(H,46,54)(H,47,58)(H,52,53)(H,61,62)(H4,36,37,39)/t14-,15-,16+,17-,18-,19-,20-,21-,25-/m0/s1. The summed E-state index contributed by atoms with van der Waals surface area (Å²) in [6, 6.07) is -12.0. The summed E-state index contributed by atoms with van der Waals surface area (Å²) < 4.78 is 0. The van der Waals surface area contributed by atoms with Crippen molar-refractivity contribution in [2.24, 2.45) is 22.2 Å². The van der Waals surface area contributed by atoms with Crippen molar-refractivity contribution in [2.45, 2.75) is 114 Å². The number of nitrogens with one attached hydrogen (secondary N) is 9. The van der Waals surface area contributed by atoms with Gasteiger partial charge in [-0.05, 0) is 53.0 Å². The molecule has 0 bridgehead atoms. The Kier molecular flexibility index (Phi) is 22.8. The molecule has 0 aromatic rings. The van der Waals surface area contributed by atoms with Crippen molar-refractivity contribution in [1.29, 1.82) is 0 Å². The second-order valence-electron chi connectivity index (χ2n) is 14.1. The molecule has 9 amide bonds. The van der Waals surface area contributed by atoms with Gasteiger partial charge >= 0.3 is 11.9 Å². The molecule has 0 aromatic carbocycles. The molecule has 1 aliphatic heterocycles. The molecule has 28 nitrogen and oxygen atoms in total. The van der Waals surface area contributed by atoms with Crippen LogP contribution in [0, 0.1) is 0 Å². The molecule has 0 spiro atoms. The number of hydrogen-bond donors (Lipinski definition) is 16. The third kappa shape index (κ3) is 19.6. The first-order chi connectivity index (χ1) is 29.0. The molecule has 0 aliphatic carbocycles. The van der Waals surface area contributed by atoms with Gasteiger partial charge in [0, 0.05) is 6.54 Å². The molecule has 1 rings (SSSR count). The maximum atomic E-state index is 13.3. The van der Waals surface area contributed by atoms with E-state index in [1.54, 1.807) is 0 Å². The fourth-order valence-corrected chi connectivity index (χ4v) is 5.45. The van der Waals surface area contributed by atoms with Gasteiger partial charge in [0.05, 0.1) is 38.1 Å². The largest absolute Gasteiger partial charge is 0.481 e. The Morgan fingerprint density at radius 3 is 1.81 bits per heavy atom. The number of guanidine groups is 1. The van der Waals surface area contributed by atoms with Crippen LogP contribution in [0.2, 0.25) is 0 Å². The first-order valence-electron chi connectivity index (χ1n) is 19.2. The number of carbonyl (C=O) groups excluding carboxylic acids is 9. The molecule has 0 saturated carbocycles. The average Bonchev–Trinajstić information content (AvgIpc) is 3.73. The number of aliphatic carboxylic acids is 2. The van der Waals surface area contributed by atoms with Crippen LogP contribution in [0.3, 0.4) is 0 Å². The lowest BCUT2D eigenvalue weighted by atomic mass is 10.1. The van der Waals surface area contributed by atoms with Crippen LogP contribution in [-0.2, 0) is 52.7 Å². The van der Waals surface area contributed by atoms with Gasteiger partial charge in [-0.1, -0.05) is 0 Å². The second-order valence-corrected chi connectivity index (χ2v) is 14.1. The van der Waals surface area contributed by atoms with Gasteiger partial charge in [-0.3, -0.25) is 57.7 Å². The van der Waals surface area contributed by atoms with Crippen molar-refractivity contribution < 1.29 is 73.2 Å². The van der Waals surface area contributed by atoms with Crippen molar-refractivity contribution in [3.63, 3.8) is 0 Å². The molecule has 62 heavy (non-hydrogen) atoms. The third-order valence-corrected chi connectivity index (χ3v) is 8.81. The highest BCUT2D eigenvalue weighted by molar-refractivity contribution is 5.98. The maximum Gasteiger partial charge on any atom is 0.325 e. The van der Waals surface area contributed by atoms with Gasteiger partial charge in [-0.15, -0.1) is 0 Å². The third-order valence-electron chi connectivity index (χ3n) is 8.81. The van der Waals surface area contributed by atoms with Crippen LogP contribution in [0.1, 0.15) is 59.3 Å². The lowest BCUT2D eigenvalue weighted by molar-refractivity contribution is -0.143. The van der Waals surface area contributed by atoms with E-state index in [1.165, 1.54) is 0 Å². The lowest BCUT2D eigenvalue weighted by Crippen LogP contribution is -2.61. The molecule has 0 unspecified atom stereocenters. The van der Waals surface area contributed by atoms with Gasteiger partial charge in [0.25, 0.3) is 0 Å². The summed E-state index contributed by atoms with van der Waals surface area (Å²) in [5.74, 6) is -12.5. The fraction of sp³-hybridized carbons (Fsp3) is 0.647. The van der Waals surface area contributed by atoms with Crippen molar-refractivity contribution in [3.8, 4) is 0 Å². The minimum atomic E-state index is -1.97. The van der Waals surface area contributed by atoms with E-state index < -0.39 is 146 Å². The van der Waals surface area contributed by atoms with Gasteiger partial charge in [0.2, 0.25) is 53.2 Å². The van der Waals surface area contributed by atoms with Gasteiger partial charge < -0.3 is 85.5 Å². The van der Waals surface area contributed by atoms with Crippen molar-refractivity contribution in [1.82, 2.24) is 47.9 Å². The molecule has 9 atom stereocenters. The van der Waals surface area contributed by atoms with E-state index in [2.05, 4.69) is 36.9 Å². The van der Waals surface area contributed by atoms with E-state index in [-0.39, 0.29) is 25.3 Å². The number of aliphatic hydroxyl groups excluding tert-OH is 2. The molecule has 0 aromatic heterocycles. The van der Waals surface area contributed by atoms with Crippen LogP contribution < -0.4 is 65.1 Å². The number of aliphatic imine (C=N–C) groups is 1. The van der Waals surface area contributed by atoms with E-state index >= 15 is 0 Å². The highest BCUT2D eigenvalue weighted by Gasteiger charge is 2.35. The Balaban J connectivity index is 3.03. The highest BCUT2D eigenvalue weighted by Crippen LogP contribution is 2.07. The number of amides is 9. The van der Waals surface area contributed by atoms with Crippen molar-refractivity contribution in [3.05, 3.63) is 0 Å². The number of nitrogens with zero attached hydrogens (tertiary/aromatic N) is 1. The van der Waals surface area contributed by atoms with Crippen molar-refractivity contribution >= 4 is 71.1 Å². The number of carbonyl (C=O) groups is 11. The predicted octanol–water partition coefficient (Wildman–Crippen LogP) is -8.85. The molecular weight excluding hydrogens is 830 g/mol. The normalized spacial score (nSPS) is 17.0. The molecule has 1 aliphatic rings. The number of carboxylic acid groups (broad SMARTS) is 2. The van der Waals surface area contributed by atoms with E-state index in [4.69, 9.17) is 22.3 Å². The zero-order valence-electron chi connectivity index (χ0n) is 34.2. The molecule has 1 saturated heterocycles. The molecule has 1 heterocycles. The highest BCUT2D eigenvalue weighted by atomic mass is 16.4. The molecule has 348 valence electrons. The monoisotopic (exact) mass is 887 g/mol. The summed E-state index contributed by atoms with van der Waals surface area (Å²) in [4.78, 5) is 141. The summed E-state index contributed by atoms with van der Waals surface area (Å²) in [7, 11) is 0. The van der Waals surface area contributed by atoms with E-state index in [1.807, 2.05) is 16.0 Å². The zero-order valence-corrected chi connectivity index (χ0v) is 34.2. The van der Waals surface area contributed by atoms with Gasteiger partial charge in [0.1, 0.15) is 42.3 Å². The van der Waals surface area contributed by atoms with Crippen LogP contribution in [0.15, 0.2) is 4.99 Å². The second kappa shape index (κ2) is 26.5. The predicted molar refractivity (Wildman–Crippen MR) is 211 cm³/mol. The minimum absolute atomic E-state index is 0.00407. The van der Waals surface area contributed by atoms with Gasteiger partial charge in [0.15, 0.2) is 5.96 Å². The summed E-state index contributed by atoms with van der Waals surface area (Å²) >= 11 is 0. The minimum Gasteiger partial charge on any atom is -0.481 e. The number of hydrogen-bond acceptors (Lipinski definition) is 15. The molecule has 28 heteroatoms. The van der Waals surface area contributed by atoms with E-state index in [0.29, 0.717) is 19.4 Å². The Labute approximate surface area is 354 Å². The first-order valence-corrected chi connectivity index (χ1v) is 19.2. The molecular formula is C34H57N13O15. The Morgan fingerprint density at radius 2 is 1.27 bits per heavy atom. The van der Waals surface area contributed by atoms with Crippen LogP contribution in [0.4, 0.5) is 0 Å². The Hall–Kier alpha value is -6.68. The van der Waals surface area contributed by atoms with E-state index in [0.717, 1.165) is 20.8 Å². The van der Waals surface area contributed by atoms with Crippen LogP contribution in [-0.4, -0.2) is 172 Å². The van der Waals surface area contributed by atoms with Crippen LogP contribution >= 0.6 is 0 Å². The van der Waals surface area contributed by atoms with Crippen molar-refractivity contribution in [2.75, 3.05) is 26.2 Å². The van der Waals surface area contributed by atoms with E-state index in [9.17, 15) is 68.1 Å². The number of aliphatic hydroxyl groups is 2. The Morgan fingerprint density at radius 1 is 0.694 bits per heavy atom. The first kappa shape index (κ1) is 53.3. The summed E-state index contributed by atoms with van der Waals surface area (Å²) in [6.07, 6.45) is -2.14. The number of carboxylic acids is 2. The van der Waals surface area contributed by atoms with Gasteiger partial charge in [-0.2, -0.15) is 0 Å². The van der Waals surface area contributed by atoms with Gasteiger partial charge in [-0.25, -0.2) is 0 Å².